The number of fused-ring (bicyclic) bond motifs is 1. The number of hydrogen-bond donors (Lipinski definition) is 1. The maximum Gasteiger partial charge on any atom is 0.267 e. The van der Waals surface area contributed by atoms with E-state index in [9.17, 15) is 4.79 Å². The fraction of sp³-hybridized carbons (Fsp3) is 0.294. The Morgan fingerprint density at radius 1 is 1.35 bits per heavy atom. The molecule has 0 fully saturated rings. The van der Waals surface area contributed by atoms with Gasteiger partial charge in [0, 0.05) is 47.9 Å². The zero-order valence-electron chi connectivity index (χ0n) is 13.2. The molecule has 1 aromatic carbocycles. The Morgan fingerprint density at radius 2 is 2.17 bits per heavy atom. The quantitative estimate of drug-likeness (QED) is 0.696. The summed E-state index contributed by atoms with van der Waals surface area (Å²) in [5, 5.41) is 4.05. The van der Waals surface area contributed by atoms with E-state index in [1.54, 1.807) is 6.20 Å². The summed E-state index contributed by atoms with van der Waals surface area (Å²) in [4.78, 5) is 16.6. The maximum atomic E-state index is 12.4. The molecule has 0 bridgehead atoms. The lowest BCUT2D eigenvalue weighted by molar-refractivity contribution is 0.0945. The van der Waals surface area contributed by atoms with Gasteiger partial charge in [-0.1, -0.05) is 15.9 Å². The van der Waals surface area contributed by atoms with Crippen molar-refractivity contribution in [1.82, 2.24) is 19.4 Å². The van der Waals surface area contributed by atoms with E-state index in [1.165, 1.54) is 0 Å². The van der Waals surface area contributed by atoms with Crippen molar-refractivity contribution in [3.8, 4) is 0 Å². The Balaban J connectivity index is 1.62. The normalized spacial score (nSPS) is 11.1. The molecule has 120 valence electrons. The van der Waals surface area contributed by atoms with Crippen LogP contribution in [0.1, 0.15) is 22.7 Å². The summed E-state index contributed by atoms with van der Waals surface area (Å²) >= 11 is 3.46. The molecule has 2 heterocycles. The van der Waals surface area contributed by atoms with Gasteiger partial charge in [-0.3, -0.25) is 4.79 Å². The number of imidazole rings is 1. The van der Waals surface area contributed by atoms with Crippen molar-refractivity contribution in [2.75, 3.05) is 6.54 Å². The molecule has 0 saturated carbocycles. The molecule has 1 amide bonds. The first-order chi connectivity index (χ1) is 11.1. The van der Waals surface area contributed by atoms with Crippen molar-refractivity contribution in [1.29, 1.82) is 0 Å². The molecule has 0 radical (unpaired) electrons. The van der Waals surface area contributed by atoms with Gasteiger partial charge < -0.3 is 14.5 Å². The summed E-state index contributed by atoms with van der Waals surface area (Å²) in [5.74, 6) is 0.956. The van der Waals surface area contributed by atoms with Gasteiger partial charge in [0.25, 0.3) is 5.91 Å². The zero-order chi connectivity index (χ0) is 16.4. The lowest BCUT2D eigenvalue weighted by atomic mass is 10.2. The number of benzene rings is 1. The summed E-state index contributed by atoms with van der Waals surface area (Å²) in [6.07, 6.45) is 4.62. The minimum Gasteiger partial charge on any atom is -0.351 e. The number of aryl methyl sites for hydroxylation is 3. The molecule has 0 atom stereocenters. The molecule has 6 heteroatoms. The standard InChI is InChI=1S/C17H19BrN4O/c1-12-19-7-9-22(12)8-3-6-20-17(23)16-11-13-10-14(18)4-5-15(13)21(16)2/h4-5,7,9-11H,3,6,8H2,1-2H3,(H,20,23). The highest BCUT2D eigenvalue weighted by molar-refractivity contribution is 9.10. The van der Waals surface area contributed by atoms with Crippen molar-refractivity contribution in [3.05, 3.63) is 52.7 Å². The summed E-state index contributed by atoms with van der Waals surface area (Å²) in [6.45, 7) is 3.47. The van der Waals surface area contributed by atoms with Gasteiger partial charge in [0.05, 0.1) is 0 Å². The van der Waals surface area contributed by atoms with E-state index in [0.29, 0.717) is 12.2 Å². The maximum absolute atomic E-state index is 12.4. The average molecular weight is 375 g/mol. The molecule has 5 nitrogen and oxygen atoms in total. The number of nitrogens with zero attached hydrogens (tertiary/aromatic N) is 3. The molecule has 0 aliphatic heterocycles. The van der Waals surface area contributed by atoms with Gasteiger partial charge in [-0.2, -0.15) is 0 Å². The number of carbonyl (C=O) groups excluding carboxylic acids is 1. The van der Waals surface area contributed by atoms with Crippen LogP contribution in [-0.2, 0) is 13.6 Å². The first-order valence-corrected chi connectivity index (χ1v) is 8.36. The predicted molar refractivity (Wildman–Crippen MR) is 94.5 cm³/mol. The molecule has 3 rings (SSSR count). The third-order valence-electron chi connectivity index (χ3n) is 4.02. The molecule has 3 aromatic rings. The SMILES string of the molecule is Cc1nccn1CCCNC(=O)c1cc2cc(Br)ccc2n1C. The number of rotatable bonds is 5. The van der Waals surface area contributed by atoms with Crippen LogP contribution >= 0.6 is 15.9 Å². The van der Waals surface area contributed by atoms with Crippen LogP contribution in [0.3, 0.4) is 0 Å². The summed E-state index contributed by atoms with van der Waals surface area (Å²) < 4.78 is 5.02. The second-order valence-electron chi connectivity index (χ2n) is 5.57. The highest BCUT2D eigenvalue weighted by Crippen LogP contribution is 2.22. The van der Waals surface area contributed by atoms with Crippen LogP contribution in [-0.4, -0.2) is 26.6 Å². The van der Waals surface area contributed by atoms with Crippen LogP contribution in [0.2, 0.25) is 0 Å². The van der Waals surface area contributed by atoms with E-state index in [-0.39, 0.29) is 5.91 Å². The van der Waals surface area contributed by atoms with Gasteiger partial charge in [-0.25, -0.2) is 4.98 Å². The molecular formula is C17H19BrN4O. The predicted octanol–water partition coefficient (Wildman–Crippen LogP) is 3.27. The van der Waals surface area contributed by atoms with Crippen molar-refractivity contribution < 1.29 is 4.79 Å². The molecule has 0 unspecified atom stereocenters. The Hall–Kier alpha value is -2.08. The summed E-state index contributed by atoms with van der Waals surface area (Å²) in [6, 6.07) is 7.94. The van der Waals surface area contributed by atoms with Gasteiger partial charge in [0.1, 0.15) is 11.5 Å². The van der Waals surface area contributed by atoms with Gasteiger partial charge >= 0.3 is 0 Å². The molecular weight excluding hydrogens is 356 g/mol. The van der Waals surface area contributed by atoms with Crippen LogP contribution in [0.5, 0.6) is 0 Å². The molecule has 0 aliphatic carbocycles. The number of halogens is 1. The van der Waals surface area contributed by atoms with E-state index in [0.717, 1.165) is 34.2 Å². The zero-order valence-corrected chi connectivity index (χ0v) is 14.8. The molecule has 0 spiro atoms. The second kappa shape index (κ2) is 6.58. The molecule has 23 heavy (non-hydrogen) atoms. The highest BCUT2D eigenvalue weighted by atomic mass is 79.9. The molecule has 0 aliphatic rings. The van der Waals surface area contributed by atoms with Crippen LogP contribution < -0.4 is 5.32 Å². The number of aromatic nitrogens is 3. The first-order valence-electron chi connectivity index (χ1n) is 7.57. The smallest absolute Gasteiger partial charge is 0.267 e. The van der Waals surface area contributed by atoms with Crippen molar-refractivity contribution in [3.63, 3.8) is 0 Å². The summed E-state index contributed by atoms with van der Waals surface area (Å²) in [7, 11) is 1.92. The fourth-order valence-corrected chi connectivity index (χ4v) is 3.10. The Labute approximate surface area is 143 Å². The summed E-state index contributed by atoms with van der Waals surface area (Å²) in [5.41, 5.74) is 1.73. The van der Waals surface area contributed by atoms with Gasteiger partial charge in [-0.15, -0.1) is 0 Å². The topological polar surface area (TPSA) is 51.9 Å². The monoisotopic (exact) mass is 374 g/mol. The van der Waals surface area contributed by atoms with E-state index < -0.39 is 0 Å². The number of amides is 1. The van der Waals surface area contributed by atoms with Gasteiger partial charge in [-0.05, 0) is 37.6 Å². The fourth-order valence-electron chi connectivity index (χ4n) is 2.72. The molecule has 2 aromatic heterocycles. The van der Waals surface area contributed by atoms with E-state index >= 15 is 0 Å². The third-order valence-corrected chi connectivity index (χ3v) is 4.52. The number of carbonyl (C=O) groups is 1. The second-order valence-corrected chi connectivity index (χ2v) is 6.48. The Morgan fingerprint density at radius 3 is 2.91 bits per heavy atom. The van der Waals surface area contributed by atoms with Crippen LogP contribution in [0.15, 0.2) is 41.1 Å². The largest absolute Gasteiger partial charge is 0.351 e. The number of hydrogen-bond acceptors (Lipinski definition) is 2. The van der Waals surface area contributed by atoms with E-state index in [4.69, 9.17) is 0 Å². The minimum atomic E-state index is -0.0397. The van der Waals surface area contributed by atoms with Crippen molar-refractivity contribution >= 4 is 32.7 Å². The first kappa shape index (κ1) is 15.8. The van der Waals surface area contributed by atoms with Crippen molar-refractivity contribution in [2.24, 2.45) is 7.05 Å². The molecule has 1 N–H and O–H groups in total. The highest BCUT2D eigenvalue weighted by Gasteiger charge is 2.13. The number of nitrogens with one attached hydrogen (secondary N) is 1. The van der Waals surface area contributed by atoms with Crippen LogP contribution in [0.25, 0.3) is 10.9 Å². The lowest BCUT2D eigenvalue weighted by Crippen LogP contribution is -2.27. The average Bonchev–Trinajstić information content (AvgIpc) is 3.07. The Kier molecular flexibility index (Phi) is 4.52. The van der Waals surface area contributed by atoms with Crippen LogP contribution in [0.4, 0.5) is 0 Å². The minimum absolute atomic E-state index is 0.0397. The third kappa shape index (κ3) is 3.32. The van der Waals surface area contributed by atoms with Gasteiger partial charge in [0.15, 0.2) is 0 Å². The molecule has 0 saturated heterocycles. The van der Waals surface area contributed by atoms with E-state index in [1.807, 2.05) is 49.0 Å². The van der Waals surface area contributed by atoms with E-state index in [2.05, 4.69) is 30.8 Å². The van der Waals surface area contributed by atoms with Gasteiger partial charge in [0.2, 0.25) is 0 Å². The van der Waals surface area contributed by atoms with Crippen LogP contribution in [0, 0.1) is 6.92 Å². The van der Waals surface area contributed by atoms with Crippen molar-refractivity contribution in [2.45, 2.75) is 19.9 Å². The lowest BCUT2D eigenvalue weighted by Gasteiger charge is -2.08. The Bertz CT molecular complexity index is 850.